The van der Waals surface area contributed by atoms with Crippen molar-refractivity contribution in [1.82, 2.24) is 14.1 Å². The van der Waals surface area contributed by atoms with Crippen LogP contribution in [0.1, 0.15) is 11.1 Å². The summed E-state index contributed by atoms with van der Waals surface area (Å²) < 4.78 is 36.6. The zero-order chi connectivity index (χ0) is 15.9. The van der Waals surface area contributed by atoms with Crippen molar-refractivity contribution in [3.8, 4) is 0 Å². The Kier molecular flexibility index (Phi) is 3.51. The van der Waals surface area contributed by atoms with Gasteiger partial charge in [0.2, 0.25) is 0 Å². The molecule has 0 radical (unpaired) electrons. The number of hydrogen-bond donors (Lipinski definition) is 2. The number of nitrogens with zero attached hydrogens (tertiary/aromatic N) is 2. The van der Waals surface area contributed by atoms with Crippen molar-refractivity contribution in [1.29, 1.82) is 0 Å². The first-order chi connectivity index (χ1) is 11.1. The number of nitrogens with one attached hydrogen (secondary N) is 2. The van der Waals surface area contributed by atoms with E-state index in [1.807, 2.05) is 12.1 Å². The maximum atomic E-state index is 12.8. The summed E-state index contributed by atoms with van der Waals surface area (Å²) in [6, 6.07) is 10.7. The second-order valence-corrected chi connectivity index (χ2v) is 7.54. The van der Waals surface area contributed by atoms with Gasteiger partial charge in [0.15, 0.2) is 0 Å². The van der Waals surface area contributed by atoms with Gasteiger partial charge in [-0.15, -0.1) is 0 Å². The van der Waals surface area contributed by atoms with Gasteiger partial charge in [0.1, 0.15) is 15.9 Å². The number of benzene rings is 2. The number of fused-ring (bicyclic) bond motifs is 2. The Morgan fingerprint density at radius 1 is 1.13 bits per heavy atom. The molecule has 0 atom stereocenters. The SMILES string of the molecule is O=S(=O)(Nc1cccc2c1CCNC2)c1cccc2nsnc12. The summed E-state index contributed by atoms with van der Waals surface area (Å²) in [7, 11) is -3.71. The van der Waals surface area contributed by atoms with Crippen LogP contribution in [0, 0.1) is 0 Å². The van der Waals surface area contributed by atoms with E-state index in [0.29, 0.717) is 16.7 Å². The molecule has 0 saturated heterocycles. The lowest BCUT2D eigenvalue weighted by atomic mass is 9.99. The predicted molar refractivity (Wildman–Crippen MR) is 90.1 cm³/mol. The van der Waals surface area contributed by atoms with Gasteiger partial charge in [0, 0.05) is 6.54 Å². The lowest BCUT2D eigenvalue weighted by Gasteiger charge is -2.21. The zero-order valence-corrected chi connectivity index (χ0v) is 13.7. The molecule has 2 aromatic carbocycles. The van der Waals surface area contributed by atoms with Gasteiger partial charge < -0.3 is 5.32 Å². The molecule has 0 unspecified atom stereocenters. The first kappa shape index (κ1) is 14.6. The van der Waals surface area contributed by atoms with Crippen LogP contribution in [0.4, 0.5) is 5.69 Å². The van der Waals surface area contributed by atoms with Crippen LogP contribution < -0.4 is 10.0 Å². The Morgan fingerprint density at radius 3 is 2.91 bits per heavy atom. The minimum Gasteiger partial charge on any atom is -0.312 e. The van der Waals surface area contributed by atoms with Crippen LogP contribution in [0.3, 0.4) is 0 Å². The fourth-order valence-electron chi connectivity index (χ4n) is 2.83. The minimum absolute atomic E-state index is 0.162. The summed E-state index contributed by atoms with van der Waals surface area (Å²) in [6.45, 7) is 1.60. The summed E-state index contributed by atoms with van der Waals surface area (Å²) >= 11 is 1.01. The van der Waals surface area contributed by atoms with Gasteiger partial charge in [0.05, 0.1) is 17.4 Å². The van der Waals surface area contributed by atoms with Gasteiger partial charge >= 0.3 is 0 Å². The van der Waals surface area contributed by atoms with E-state index in [1.165, 1.54) is 0 Å². The Morgan fingerprint density at radius 2 is 2.00 bits per heavy atom. The van der Waals surface area contributed by atoms with E-state index in [-0.39, 0.29) is 4.90 Å². The van der Waals surface area contributed by atoms with E-state index < -0.39 is 10.0 Å². The van der Waals surface area contributed by atoms with Crippen molar-refractivity contribution < 1.29 is 8.42 Å². The molecule has 0 fully saturated rings. The molecule has 1 aliphatic heterocycles. The molecule has 0 bridgehead atoms. The van der Waals surface area contributed by atoms with E-state index in [0.717, 1.165) is 42.4 Å². The summed E-state index contributed by atoms with van der Waals surface area (Å²) in [5.41, 5.74) is 3.83. The number of rotatable bonds is 3. The maximum absolute atomic E-state index is 12.8. The van der Waals surface area contributed by atoms with E-state index in [2.05, 4.69) is 18.8 Å². The third-order valence-electron chi connectivity index (χ3n) is 3.92. The van der Waals surface area contributed by atoms with E-state index in [4.69, 9.17) is 0 Å². The lowest BCUT2D eigenvalue weighted by molar-refractivity contribution is 0.601. The molecule has 1 aromatic heterocycles. The predicted octanol–water partition coefficient (Wildman–Crippen LogP) is 2.14. The molecule has 6 nitrogen and oxygen atoms in total. The fourth-order valence-corrected chi connectivity index (χ4v) is 4.69. The van der Waals surface area contributed by atoms with Crippen LogP contribution in [0.5, 0.6) is 0 Å². The Bertz CT molecular complexity index is 982. The molecule has 3 aromatic rings. The van der Waals surface area contributed by atoms with Crippen molar-refractivity contribution in [2.24, 2.45) is 0 Å². The van der Waals surface area contributed by atoms with Crippen molar-refractivity contribution >= 4 is 38.5 Å². The molecule has 8 heteroatoms. The topological polar surface area (TPSA) is 84.0 Å². The molecular weight excluding hydrogens is 332 g/mol. The zero-order valence-electron chi connectivity index (χ0n) is 12.1. The summed E-state index contributed by atoms with van der Waals surface area (Å²) in [5, 5.41) is 3.29. The molecule has 2 N–H and O–H groups in total. The monoisotopic (exact) mass is 346 g/mol. The van der Waals surface area contributed by atoms with Gasteiger partial charge in [-0.25, -0.2) is 8.42 Å². The second kappa shape index (κ2) is 5.55. The maximum Gasteiger partial charge on any atom is 0.264 e. The van der Waals surface area contributed by atoms with Gasteiger partial charge in [-0.1, -0.05) is 18.2 Å². The molecule has 2 heterocycles. The number of sulfonamides is 1. The van der Waals surface area contributed by atoms with E-state index >= 15 is 0 Å². The third kappa shape index (κ3) is 2.58. The Balaban J connectivity index is 1.78. The largest absolute Gasteiger partial charge is 0.312 e. The van der Waals surface area contributed by atoms with Crippen LogP contribution >= 0.6 is 11.7 Å². The molecule has 0 aliphatic carbocycles. The highest BCUT2D eigenvalue weighted by molar-refractivity contribution is 7.93. The molecule has 0 amide bonds. The molecule has 23 heavy (non-hydrogen) atoms. The minimum atomic E-state index is -3.71. The average molecular weight is 346 g/mol. The molecular formula is C15H14N4O2S2. The standard InChI is InChI=1S/C15H14N4O2S2/c20-23(21,14-6-2-5-13-15(14)18-22-17-13)19-12-4-1-3-10-9-16-8-7-11(10)12/h1-6,16,19H,7-9H2. The van der Waals surface area contributed by atoms with Crippen LogP contribution in [-0.2, 0) is 23.0 Å². The molecule has 1 aliphatic rings. The van der Waals surface area contributed by atoms with Gasteiger partial charge in [0.25, 0.3) is 10.0 Å². The number of hydrogen-bond acceptors (Lipinski definition) is 6. The molecule has 118 valence electrons. The van der Waals surface area contributed by atoms with Crippen molar-refractivity contribution in [2.75, 3.05) is 11.3 Å². The summed E-state index contributed by atoms with van der Waals surface area (Å²) in [4.78, 5) is 0.162. The molecule has 4 rings (SSSR count). The Labute approximate surface area is 137 Å². The first-order valence-corrected chi connectivity index (χ1v) is 9.42. The number of anilines is 1. The van der Waals surface area contributed by atoms with Crippen molar-refractivity contribution in [3.63, 3.8) is 0 Å². The van der Waals surface area contributed by atoms with Crippen LogP contribution in [-0.4, -0.2) is 23.7 Å². The van der Waals surface area contributed by atoms with E-state index in [1.54, 1.807) is 24.3 Å². The first-order valence-electron chi connectivity index (χ1n) is 7.21. The summed E-state index contributed by atoms with van der Waals surface area (Å²) in [5.74, 6) is 0. The van der Waals surface area contributed by atoms with Crippen LogP contribution in [0.15, 0.2) is 41.3 Å². The third-order valence-corrected chi connectivity index (χ3v) is 5.86. The van der Waals surface area contributed by atoms with Gasteiger partial charge in [-0.3, -0.25) is 4.72 Å². The highest BCUT2D eigenvalue weighted by Gasteiger charge is 2.22. The normalized spacial score (nSPS) is 14.6. The van der Waals surface area contributed by atoms with Gasteiger partial charge in [-0.2, -0.15) is 8.75 Å². The lowest BCUT2D eigenvalue weighted by Crippen LogP contribution is -2.25. The number of aromatic nitrogens is 2. The van der Waals surface area contributed by atoms with Crippen molar-refractivity contribution in [3.05, 3.63) is 47.5 Å². The van der Waals surface area contributed by atoms with Gasteiger partial charge in [-0.05, 0) is 42.3 Å². The average Bonchev–Trinajstić information content (AvgIpc) is 3.03. The van der Waals surface area contributed by atoms with Crippen molar-refractivity contribution in [2.45, 2.75) is 17.9 Å². The summed E-state index contributed by atoms with van der Waals surface area (Å²) in [6.07, 6.45) is 0.802. The fraction of sp³-hybridized carbons (Fsp3) is 0.200. The van der Waals surface area contributed by atoms with Crippen LogP contribution in [0.25, 0.3) is 11.0 Å². The van der Waals surface area contributed by atoms with Crippen LogP contribution in [0.2, 0.25) is 0 Å². The van der Waals surface area contributed by atoms with E-state index in [9.17, 15) is 8.42 Å². The Hall–Kier alpha value is -2.03. The second-order valence-electron chi connectivity index (χ2n) is 5.36. The molecule has 0 saturated carbocycles. The highest BCUT2D eigenvalue weighted by atomic mass is 32.2. The highest BCUT2D eigenvalue weighted by Crippen LogP contribution is 2.27. The quantitative estimate of drug-likeness (QED) is 0.759. The molecule has 0 spiro atoms. The smallest absolute Gasteiger partial charge is 0.264 e.